The van der Waals surface area contributed by atoms with E-state index in [0.717, 1.165) is 29.9 Å². The molecule has 4 heteroatoms. The fourth-order valence-corrected chi connectivity index (χ4v) is 4.37. The van der Waals surface area contributed by atoms with E-state index in [1.54, 1.807) is 36.4 Å². The molecule has 4 aromatic rings. The van der Waals surface area contributed by atoms with Crippen LogP contribution in [0.1, 0.15) is 46.0 Å². The van der Waals surface area contributed by atoms with E-state index in [4.69, 9.17) is 9.47 Å². The highest BCUT2D eigenvalue weighted by Gasteiger charge is 2.16. The van der Waals surface area contributed by atoms with Crippen molar-refractivity contribution in [2.45, 2.75) is 46.0 Å². The maximum absolute atomic E-state index is 15.1. The summed E-state index contributed by atoms with van der Waals surface area (Å²) >= 11 is 0. The maximum Gasteiger partial charge on any atom is 0.167 e. The van der Waals surface area contributed by atoms with Crippen molar-refractivity contribution in [3.8, 4) is 44.9 Å². The summed E-state index contributed by atoms with van der Waals surface area (Å²) < 4.78 is 41.4. The minimum Gasteiger partial charge on any atom is -0.494 e. The average Bonchev–Trinajstić information content (AvgIpc) is 2.93. The van der Waals surface area contributed by atoms with Crippen LogP contribution in [0.4, 0.5) is 8.78 Å². The number of halogens is 2. The van der Waals surface area contributed by atoms with E-state index >= 15 is 8.78 Å². The summed E-state index contributed by atoms with van der Waals surface area (Å²) in [6.45, 7) is 5.40. The van der Waals surface area contributed by atoms with Gasteiger partial charge in [-0.15, -0.1) is 0 Å². The van der Waals surface area contributed by atoms with Crippen molar-refractivity contribution in [2.75, 3.05) is 13.2 Å². The van der Waals surface area contributed by atoms with Crippen LogP contribution >= 0.6 is 0 Å². The van der Waals surface area contributed by atoms with Crippen molar-refractivity contribution in [2.24, 2.45) is 0 Å². The molecule has 0 saturated carbocycles. The lowest BCUT2D eigenvalue weighted by Crippen LogP contribution is -1.97. The summed E-state index contributed by atoms with van der Waals surface area (Å²) in [4.78, 5) is 0. The standard InChI is InChI=1S/C33H34F2O2/c1-3-5-6-7-8-23-37-29-17-13-25(14-18-29)24-9-11-26(12-10-24)30-21-22-31(33(35)32(30)34)27-15-19-28(20-16-27)36-4-2/h9-22H,3-8,23H2,1-2H3. The molecule has 37 heavy (non-hydrogen) atoms. The van der Waals surface area contributed by atoms with Crippen molar-refractivity contribution in [1.82, 2.24) is 0 Å². The predicted octanol–water partition coefficient (Wildman–Crippen LogP) is 9.71. The molecule has 0 unspecified atom stereocenters. The number of hydrogen-bond acceptors (Lipinski definition) is 2. The first-order chi connectivity index (χ1) is 18.1. The van der Waals surface area contributed by atoms with E-state index in [1.165, 1.54) is 25.7 Å². The zero-order chi connectivity index (χ0) is 26.0. The first-order valence-corrected chi connectivity index (χ1v) is 13.2. The van der Waals surface area contributed by atoms with Crippen molar-refractivity contribution < 1.29 is 18.3 Å². The number of rotatable bonds is 12. The van der Waals surface area contributed by atoms with Gasteiger partial charge in [0.1, 0.15) is 11.5 Å². The lowest BCUT2D eigenvalue weighted by molar-refractivity contribution is 0.304. The molecule has 0 aliphatic carbocycles. The molecule has 0 aliphatic rings. The topological polar surface area (TPSA) is 18.5 Å². The molecule has 2 nitrogen and oxygen atoms in total. The molecule has 0 aliphatic heterocycles. The van der Waals surface area contributed by atoms with Crippen LogP contribution in [-0.2, 0) is 0 Å². The molecular formula is C33H34F2O2. The van der Waals surface area contributed by atoms with E-state index in [9.17, 15) is 0 Å². The van der Waals surface area contributed by atoms with Crippen LogP contribution in [0.15, 0.2) is 84.9 Å². The van der Waals surface area contributed by atoms with Crippen LogP contribution in [0.25, 0.3) is 33.4 Å². The monoisotopic (exact) mass is 500 g/mol. The van der Waals surface area contributed by atoms with Crippen LogP contribution < -0.4 is 9.47 Å². The molecule has 0 fully saturated rings. The molecule has 0 aromatic heterocycles. The SMILES string of the molecule is CCCCCCCOc1ccc(-c2ccc(-c3ccc(-c4ccc(OCC)cc4)c(F)c3F)cc2)cc1. The third-order valence-electron chi connectivity index (χ3n) is 6.46. The van der Waals surface area contributed by atoms with Gasteiger partial charge in [0.2, 0.25) is 0 Å². The first-order valence-electron chi connectivity index (χ1n) is 13.2. The van der Waals surface area contributed by atoms with Gasteiger partial charge in [0.15, 0.2) is 11.6 Å². The highest BCUT2D eigenvalue weighted by atomic mass is 19.2. The van der Waals surface area contributed by atoms with E-state index in [-0.39, 0.29) is 11.1 Å². The van der Waals surface area contributed by atoms with E-state index in [2.05, 4.69) is 6.92 Å². The first kappa shape index (κ1) is 26.4. The van der Waals surface area contributed by atoms with Gasteiger partial charge in [-0.05, 0) is 59.9 Å². The van der Waals surface area contributed by atoms with Crippen molar-refractivity contribution in [3.05, 3.63) is 96.6 Å². The Morgan fingerprint density at radius 1 is 0.486 bits per heavy atom. The van der Waals surface area contributed by atoms with Crippen molar-refractivity contribution >= 4 is 0 Å². The summed E-state index contributed by atoms with van der Waals surface area (Å²) in [5, 5.41) is 0. The largest absolute Gasteiger partial charge is 0.494 e. The summed E-state index contributed by atoms with van der Waals surface area (Å²) in [7, 11) is 0. The Balaban J connectivity index is 1.42. The Morgan fingerprint density at radius 3 is 1.43 bits per heavy atom. The van der Waals surface area contributed by atoms with E-state index < -0.39 is 11.6 Å². The smallest absolute Gasteiger partial charge is 0.167 e. The van der Waals surface area contributed by atoms with Gasteiger partial charge in [-0.2, -0.15) is 0 Å². The van der Waals surface area contributed by atoms with Gasteiger partial charge in [0, 0.05) is 11.1 Å². The van der Waals surface area contributed by atoms with E-state index in [1.807, 2.05) is 55.5 Å². The Hall–Kier alpha value is -3.66. The Kier molecular flexibility index (Phi) is 9.31. The molecule has 4 aromatic carbocycles. The zero-order valence-electron chi connectivity index (χ0n) is 21.6. The van der Waals surface area contributed by atoms with Gasteiger partial charge in [0.05, 0.1) is 13.2 Å². The molecule has 192 valence electrons. The summed E-state index contributed by atoms with van der Waals surface area (Å²) in [6.07, 6.45) is 6.06. The van der Waals surface area contributed by atoms with Crippen molar-refractivity contribution in [3.63, 3.8) is 0 Å². The van der Waals surface area contributed by atoms with Crippen molar-refractivity contribution in [1.29, 1.82) is 0 Å². The third kappa shape index (κ3) is 6.76. The normalized spacial score (nSPS) is 10.9. The fraction of sp³-hybridized carbons (Fsp3) is 0.273. The second kappa shape index (κ2) is 13.0. The lowest BCUT2D eigenvalue weighted by atomic mass is 9.97. The van der Waals surface area contributed by atoms with Crippen LogP contribution in [0.2, 0.25) is 0 Å². The number of benzene rings is 4. The number of hydrogen-bond donors (Lipinski definition) is 0. The highest BCUT2D eigenvalue weighted by Crippen LogP contribution is 2.33. The Bertz CT molecular complexity index is 1260. The molecule has 4 rings (SSSR count). The maximum atomic E-state index is 15.1. The van der Waals surface area contributed by atoms with Crippen LogP contribution in [0, 0.1) is 11.6 Å². The van der Waals surface area contributed by atoms with Gasteiger partial charge in [0.25, 0.3) is 0 Å². The highest BCUT2D eigenvalue weighted by molar-refractivity contribution is 5.74. The molecular weight excluding hydrogens is 466 g/mol. The quantitative estimate of drug-likeness (QED) is 0.180. The van der Waals surface area contributed by atoms with Gasteiger partial charge in [-0.1, -0.05) is 93.3 Å². The van der Waals surface area contributed by atoms with Crippen LogP contribution in [0.5, 0.6) is 11.5 Å². The van der Waals surface area contributed by atoms with E-state index in [0.29, 0.717) is 23.5 Å². The molecule has 0 heterocycles. The molecule has 0 atom stereocenters. The van der Waals surface area contributed by atoms with Gasteiger partial charge >= 0.3 is 0 Å². The molecule has 0 N–H and O–H groups in total. The summed E-state index contributed by atoms with van der Waals surface area (Å²) in [6, 6.07) is 25.7. The zero-order valence-corrected chi connectivity index (χ0v) is 21.6. The molecule has 0 saturated heterocycles. The minimum atomic E-state index is -0.855. The summed E-state index contributed by atoms with van der Waals surface area (Å²) in [5.41, 5.74) is 3.73. The van der Waals surface area contributed by atoms with Gasteiger partial charge in [-0.25, -0.2) is 8.78 Å². The second-order valence-corrected chi connectivity index (χ2v) is 9.11. The number of unbranched alkanes of at least 4 members (excludes halogenated alkanes) is 4. The Labute approximate surface area is 218 Å². The third-order valence-corrected chi connectivity index (χ3v) is 6.46. The second-order valence-electron chi connectivity index (χ2n) is 9.11. The lowest BCUT2D eigenvalue weighted by Gasteiger charge is -2.11. The molecule has 0 radical (unpaired) electrons. The van der Waals surface area contributed by atoms with Gasteiger partial charge in [-0.3, -0.25) is 0 Å². The molecule has 0 bridgehead atoms. The summed E-state index contributed by atoms with van der Waals surface area (Å²) in [5.74, 6) is -0.146. The van der Waals surface area contributed by atoms with Crippen LogP contribution in [0.3, 0.4) is 0 Å². The van der Waals surface area contributed by atoms with Crippen LogP contribution in [-0.4, -0.2) is 13.2 Å². The average molecular weight is 501 g/mol. The van der Waals surface area contributed by atoms with Gasteiger partial charge < -0.3 is 9.47 Å². The Morgan fingerprint density at radius 2 is 0.919 bits per heavy atom. The fourth-order valence-electron chi connectivity index (χ4n) is 4.37. The molecule has 0 amide bonds. The number of ether oxygens (including phenoxy) is 2. The predicted molar refractivity (Wildman–Crippen MR) is 148 cm³/mol. The molecule has 0 spiro atoms. The minimum absolute atomic E-state index is 0.226.